The Kier molecular flexibility index (Phi) is 9.40. The molecule has 0 bridgehead atoms. The average molecular weight is 596 g/mol. The minimum atomic E-state index is -4.74. The number of para-hydroxylation sites is 1. The molecule has 4 rings (SSSR count). The molecule has 3 aromatic rings. The highest BCUT2D eigenvalue weighted by Crippen LogP contribution is 2.37. The molecule has 9 nitrogen and oxygen atoms in total. The van der Waals surface area contributed by atoms with Gasteiger partial charge in [0.1, 0.15) is 18.2 Å². The summed E-state index contributed by atoms with van der Waals surface area (Å²) in [5, 5.41) is 16.5. The van der Waals surface area contributed by atoms with E-state index in [4.69, 9.17) is 21.4 Å². The van der Waals surface area contributed by atoms with Crippen molar-refractivity contribution in [3.8, 4) is 5.75 Å². The number of nitrogens with one attached hydrogen (secondary N) is 3. The van der Waals surface area contributed by atoms with Crippen LogP contribution in [0.3, 0.4) is 0 Å². The molecule has 0 aliphatic carbocycles. The lowest BCUT2D eigenvalue weighted by Gasteiger charge is -2.36. The number of halogens is 5. The summed E-state index contributed by atoms with van der Waals surface area (Å²) in [6.07, 6.45) is -4.74. The highest BCUT2D eigenvalue weighted by Gasteiger charge is 2.35. The molecular weight excluding hydrogens is 570 g/mol. The van der Waals surface area contributed by atoms with E-state index in [0.717, 1.165) is 12.1 Å². The largest absolute Gasteiger partial charge is 0.491 e. The van der Waals surface area contributed by atoms with Crippen molar-refractivity contribution in [3.05, 3.63) is 77.1 Å². The number of aliphatic hydroxyl groups is 1. The Hall–Kier alpha value is -4.23. The van der Waals surface area contributed by atoms with Crippen LogP contribution in [-0.4, -0.2) is 61.5 Å². The van der Waals surface area contributed by atoms with Gasteiger partial charge in [-0.05, 0) is 48.5 Å². The van der Waals surface area contributed by atoms with E-state index >= 15 is 0 Å². The second-order valence-corrected chi connectivity index (χ2v) is 9.31. The van der Waals surface area contributed by atoms with Crippen LogP contribution in [-0.2, 0) is 6.18 Å². The van der Waals surface area contributed by atoms with Crippen LogP contribution >= 0.6 is 11.6 Å². The Morgan fingerprint density at radius 3 is 2.32 bits per heavy atom. The van der Waals surface area contributed by atoms with Crippen LogP contribution in [0.25, 0.3) is 0 Å². The van der Waals surface area contributed by atoms with Gasteiger partial charge in [-0.25, -0.2) is 14.0 Å². The van der Waals surface area contributed by atoms with E-state index < -0.39 is 35.3 Å². The smallest absolute Gasteiger partial charge is 0.418 e. The predicted molar refractivity (Wildman–Crippen MR) is 147 cm³/mol. The maximum Gasteiger partial charge on any atom is 0.418 e. The van der Waals surface area contributed by atoms with Gasteiger partial charge in [-0.1, -0.05) is 23.7 Å². The van der Waals surface area contributed by atoms with Gasteiger partial charge < -0.3 is 35.6 Å². The first-order valence-corrected chi connectivity index (χ1v) is 12.8. The first kappa shape index (κ1) is 29.7. The monoisotopic (exact) mass is 595 g/mol. The van der Waals surface area contributed by atoms with Gasteiger partial charge in [0.25, 0.3) is 0 Å². The number of urea groups is 2. The number of nitrogens with zero attached hydrogens (tertiary/aromatic N) is 2. The molecule has 0 aromatic heterocycles. The van der Waals surface area contributed by atoms with E-state index in [0.29, 0.717) is 29.5 Å². The molecule has 1 aliphatic heterocycles. The van der Waals surface area contributed by atoms with E-state index in [1.165, 1.54) is 35.2 Å². The summed E-state index contributed by atoms with van der Waals surface area (Å²) in [6.45, 7) is 0.619. The van der Waals surface area contributed by atoms with E-state index in [9.17, 15) is 27.2 Å². The van der Waals surface area contributed by atoms with E-state index in [-0.39, 0.29) is 37.7 Å². The Labute approximate surface area is 237 Å². The van der Waals surface area contributed by atoms with Gasteiger partial charge in [-0.2, -0.15) is 13.2 Å². The second-order valence-electron chi connectivity index (χ2n) is 8.91. The SMILES string of the molecule is O=C(Nc1ccc(N2CCN(C(=O)Nc3ccc(OCCO)cc3C(F)(F)F)CC2)c(Cl)c1)Nc1ccccc1F. The molecule has 1 fully saturated rings. The standard InChI is InChI=1S/C27H26ClF4N5O4/c28-20-15-17(33-25(39)34-23-4-2-1-3-21(23)29)5-8-24(20)36-9-11-37(12-10-36)26(40)35-22-7-6-18(41-14-13-38)16-19(22)27(30,31)32/h1-8,15-16,38H,9-14H2,(H,35,40)(H2,33,34,39). The third-order valence-corrected chi connectivity index (χ3v) is 6.44. The summed E-state index contributed by atoms with van der Waals surface area (Å²) in [7, 11) is 0. The van der Waals surface area contributed by atoms with Crippen molar-refractivity contribution in [1.82, 2.24) is 4.90 Å². The van der Waals surface area contributed by atoms with Crippen molar-refractivity contribution >= 4 is 46.4 Å². The summed E-state index contributed by atoms with van der Waals surface area (Å²) in [4.78, 5) is 28.3. The molecule has 1 aliphatic rings. The van der Waals surface area contributed by atoms with E-state index in [1.807, 2.05) is 4.90 Å². The molecule has 0 spiro atoms. The summed E-state index contributed by atoms with van der Waals surface area (Å²) in [5.41, 5.74) is -0.439. The van der Waals surface area contributed by atoms with Crippen LogP contribution in [0.5, 0.6) is 5.75 Å². The van der Waals surface area contributed by atoms with E-state index in [2.05, 4.69) is 16.0 Å². The number of rotatable bonds is 7. The average Bonchev–Trinajstić information content (AvgIpc) is 2.93. The molecule has 218 valence electrons. The first-order chi connectivity index (χ1) is 19.5. The maximum atomic E-state index is 13.8. The van der Waals surface area contributed by atoms with Gasteiger partial charge in [0.15, 0.2) is 0 Å². The van der Waals surface area contributed by atoms with Gasteiger partial charge in [0.2, 0.25) is 0 Å². The molecule has 0 radical (unpaired) electrons. The third-order valence-electron chi connectivity index (χ3n) is 6.13. The number of ether oxygens (including phenoxy) is 1. The van der Waals surface area contributed by atoms with Crippen LogP contribution in [0.2, 0.25) is 5.02 Å². The van der Waals surface area contributed by atoms with Crippen LogP contribution in [0.15, 0.2) is 60.7 Å². The summed E-state index contributed by atoms with van der Waals surface area (Å²) in [5.74, 6) is -0.659. The highest BCUT2D eigenvalue weighted by atomic mass is 35.5. The number of amides is 4. The van der Waals surface area contributed by atoms with Crippen molar-refractivity contribution in [3.63, 3.8) is 0 Å². The zero-order chi connectivity index (χ0) is 29.6. The summed E-state index contributed by atoms with van der Waals surface area (Å²) >= 11 is 6.45. The van der Waals surface area contributed by atoms with Crippen LogP contribution in [0.1, 0.15) is 5.56 Å². The predicted octanol–water partition coefficient (Wildman–Crippen LogP) is 5.87. The van der Waals surface area contributed by atoms with Crippen molar-refractivity contribution in [2.45, 2.75) is 6.18 Å². The van der Waals surface area contributed by atoms with Crippen molar-refractivity contribution in [1.29, 1.82) is 0 Å². The molecule has 0 saturated carbocycles. The Bertz CT molecular complexity index is 1400. The quantitative estimate of drug-likeness (QED) is 0.256. The van der Waals surface area contributed by atoms with Gasteiger partial charge in [-0.3, -0.25) is 0 Å². The van der Waals surface area contributed by atoms with Gasteiger partial charge in [0, 0.05) is 31.9 Å². The molecule has 0 unspecified atom stereocenters. The Morgan fingerprint density at radius 2 is 1.66 bits per heavy atom. The molecule has 14 heteroatoms. The van der Waals surface area contributed by atoms with Gasteiger partial charge in [0.05, 0.1) is 34.3 Å². The normalized spacial score (nSPS) is 13.5. The Balaban J connectivity index is 1.34. The Morgan fingerprint density at radius 1 is 0.927 bits per heavy atom. The fourth-order valence-corrected chi connectivity index (χ4v) is 4.45. The molecule has 1 heterocycles. The topological polar surface area (TPSA) is 106 Å². The number of anilines is 4. The zero-order valence-electron chi connectivity index (χ0n) is 21.5. The number of benzene rings is 3. The molecule has 4 N–H and O–H groups in total. The minimum Gasteiger partial charge on any atom is -0.491 e. The highest BCUT2D eigenvalue weighted by molar-refractivity contribution is 6.33. The van der Waals surface area contributed by atoms with Crippen molar-refractivity contribution < 1.29 is 37.0 Å². The number of piperazine rings is 1. The number of alkyl halides is 3. The number of carbonyl (C=O) groups excluding carboxylic acids is 2. The lowest BCUT2D eigenvalue weighted by molar-refractivity contribution is -0.137. The fourth-order valence-electron chi connectivity index (χ4n) is 4.15. The van der Waals surface area contributed by atoms with Crippen molar-refractivity contribution in [2.24, 2.45) is 0 Å². The number of carbonyl (C=O) groups is 2. The number of aliphatic hydroxyl groups excluding tert-OH is 1. The maximum absolute atomic E-state index is 13.8. The van der Waals surface area contributed by atoms with Gasteiger partial charge >= 0.3 is 18.2 Å². The fraction of sp³-hybridized carbons (Fsp3) is 0.259. The van der Waals surface area contributed by atoms with Crippen LogP contribution < -0.4 is 25.6 Å². The summed E-state index contributed by atoms with van der Waals surface area (Å²) < 4.78 is 59.6. The molecule has 0 atom stereocenters. The zero-order valence-corrected chi connectivity index (χ0v) is 22.2. The second kappa shape index (κ2) is 13.0. The van der Waals surface area contributed by atoms with Crippen LogP contribution in [0, 0.1) is 5.82 Å². The molecular formula is C27H26ClF4N5O4. The molecule has 1 saturated heterocycles. The lowest BCUT2D eigenvalue weighted by atomic mass is 10.1. The number of hydrogen-bond donors (Lipinski definition) is 4. The molecule has 3 aromatic carbocycles. The van der Waals surface area contributed by atoms with E-state index in [1.54, 1.807) is 18.2 Å². The number of hydrogen-bond acceptors (Lipinski definition) is 5. The van der Waals surface area contributed by atoms with Crippen LogP contribution in [0.4, 0.5) is 49.9 Å². The minimum absolute atomic E-state index is 0.0216. The molecule has 41 heavy (non-hydrogen) atoms. The lowest BCUT2D eigenvalue weighted by Crippen LogP contribution is -2.50. The first-order valence-electron chi connectivity index (χ1n) is 12.4. The van der Waals surface area contributed by atoms with Crippen molar-refractivity contribution in [2.75, 3.05) is 60.2 Å². The summed E-state index contributed by atoms with van der Waals surface area (Å²) in [6, 6.07) is 12.4. The van der Waals surface area contributed by atoms with Gasteiger partial charge in [-0.15, -0.1) is 0 Å². The third kappa shape index (κ3) is 7.70. The molecule has 4 amide bonds.